The first kappa shape index (κ1) is 8.38. The highest BCUT2D eigenvalue weighted by molar-refractivity contribution is 5.11. The zero-order valence-corrected chi connectivity index (χ0v) is 7.90. The molecule has 1 atom stereocenters. The molecule has 14 heavy (non-hydrogen) atoms. The molecule has 5 heteroatoms. The van der Waals surface area contributed by atoms with Crippen molar-refractivity contribution in [2.75, 3.05) is 6.61 Å². The van der Waals surface area contributed by atoms with Crippen LogP contribution in [0, 0.1) is 0 Å². The van der Waals surface area contributed by atoms with E-state index < -0.39 is 0 Å². The van der Waals surface area contributed by atoms with E-state index in [1.54, 1.807) is 0 Å². The largest absolute Gasteiger partial charge is 0.420 e. The molecular formula is C9H13N3O2. The third-order valence-electron chi connectivity index (χ3n) is 2.86. The third-order valence-corrected chi connectivity index (χ3v) is 2.86. The van der Waals surface area contributed by atoms with Crippen molar-refractivity contribution in [1.82, 2.24) is 10.2 Å². The maximum atomic E-state index is 5.94. The van der Waals surface area contributed by atoms with Gasteiger partial charge in [-0.2, -0.15) is 0 Å². The van der Waals surface area contributed by atoms with E-state index in [0.717, 1.165) is 32.3 Å². The van der Waals surface area contributed by atoms with Crippen LogP contribution in [0.5, 0.6) is 0 Å². The van der Waals surface area contributed by atoms with E-state index in [-0.39, 0.29) is 11.6 Å². The predicted molar refractivity (Wildman–Crippen MR) is 47.3 cm³/mol. The van der Waals surface area contributed by atoms with Crippen LogP contribution in [-0.4, -0.2) is 16.8 Å². The van der Waals surface area contributed by atoms with Gasteiger partial charge in [-0.1, -0.05) is 0 Å². The van der Waals surface area contributed by atoms with Gasteiger partial charge in [-0.15, -0.1) is 10.2 Å². The fourth-order valence-corrected chi connectivity index (χ4v) is 1.69. The first-order valence-electron chi connectivity index (χ1n) is 5.02. The lowest BCUT2D eigenvalue weighted by Gasteiger charge is -2.03. The summed E-state index contributed by atoms with van der Waals surface area (Å²) in [5, 5.41) is 7.96. The fourth-order valence-electron chi connectivity index (χ4n) is 1.69. The average Bonchev–Trinajstić information content (AvgIpc) is 2.73. The second kappa shape index (κ2) is 2.77. The number of aromatic nitrogens is 2. The molecule has 76 valence electrons. The van der Waals surface area contributed by atoms with Crippen LogP contribution in [-0.2, 0) is 10.3 Å². The lowest BCUT2D eigenvalue weighted by atomic mass is 10.2. The normalized spacial score (nSPS) is 29.4. The Morgan fingerprint density at radius 3 is 2.86 bits per heavy atom. The monoisotopic (exact) mass is 195 g/mol. The molecule has 1 aliphatic heterocycles. The minimum Gasteiger partial charge on any atom is -0.420 e. The van der Waals surface area contributed by atoms with E-state index in [1.807, 2.05) is 0 Å². The lowest BCUT2D eigenvalue weighted by molar-refractivity contribution is 0.0875. The van der Waals surface area contributed by atoms with Gasteiger partial charge in [-0.05, 0) is 25.7 Å². The van der Waals surface area contributed by atoms with Gasteiger partial charge in [0.05, 0.1) is 5.54 Å². The van der Waals surface area contributed by atoms with Crippen LogP contribution in [0.2, 0.25) is 0 Å². The van der Waals surface area contributed by atoms with Crippen LogP contribution in [0.4, 0.5) is 0 Å². The SMILES string of the molecule is NC1(c2nnc(C3CCCO3)o2)CC1. The predicted octanol–water partition coefficient (Wildman–Crippen LogP) is 0.869. The highest BCUT2D eigenvalue weighted by atomic mass is 16.5. The summed E-state index contributed by atoms with van der Waals surface area (Å²) in [4.78, 5) is 0. The Labute approximate surface area is 81.6 Å². The Morgan fingerprint density at radius 1 is 1.36 bits per heavy atom. The number of hydrogen-bond acceptors (Lipinski definition) is 5. The van der Waals surface area contributed by atoms with Gasteiger partial charge >= 0.3 is 0 Å². The van der Waals surface area contributed by atoms with Gasteiger partial charge in [0.15, 0.2) is 0 Å². The molecule has 0 amide bonds. The van der Waals surface area contributed by atoms with Crippen molar-refractivity contribution < 1.29 is 9.15 Å². The Bertz CT molecular complexity index is 340. The first-order valence-corrected chi connectivity index (χ1v) is 5.02. The first-order chi connectivity index (χ1) is 6.78. The molecule has 1 saturated carbocycles. The van der Waals surface area contributed by atoms with Crippen molar-refractivity contribution in [2.45, 2.75) is 37.3 Å². The molecule has 2 aliphatic rings. The maximum absolute atomic E-state index is 5.94. The van der Waals surface area contributed by atoms with Crippen LogP contribution in [0.25, 0.3) is 0 Å². The van der Waals surface area contributed by atoms with Gasteiger partial charge < -0.3 is 14.9 Å². The third kappa shape index (κ3) is 1.24. The number of nitrogens with two attached hydrogens (primary N) is 1. The summed E-state index contributed by atoms with van der Waals surface area (Å²) < 4.78 is 11.0. The van der Waals surface area contributed by atoms with E-state index in [4.69, 9.17) is 14.9 Å². The summed E-state index contributed by atoms with van der Waals surface area (Å²) in [7, 11) is 0. The van der Waals surface area contributed by atoms with E-state index in [9.17, 15) is 0 Å². The molecule has 1 aliphatic carbocycles. The van der Waals surface area contributed by atoms with Gasteiger partial charge in [0.25, 0.3) is 0 Å². The number of hydrogen-bond donors (Lipinski definition) is 1. The highest BCUT2D eigenvalue weighted by Gasteiger charge is 2.45. The quantitative estimate of drug-likeness (QED) is 0.757. The van der Waals surface area contributed by atoms with Gasteiger partial charge in [0.2, 0.25) is 11.8 Å². The molecule has 0 aromatic carbocycles. The molecule has 0 spiro atoms. The zero-order chi connectivity index (χ0) is 9.60. The molecule has 2 heterocycles. The summed E-state index contributed by atoms with van der Waals surface area (Å²) in [6, 6.07) is 0. The number of nitrogens with zero attached hydrogens (tertiary/aromatic N) is 2. The van der Waals surface area contributed by atoms with Crippen molar-refractivity contribution in [1.29, 1.82) is 0 Å². The topological polar surface area (TPSA) is 74.2 Å². The summed E-state index contributed by atoms with van der Waals surface area (Å²) in [6.45, 7) is 0.788. The number of rotatable bonds is 2. The van der Waals surface area contributed by atoms with Crippen molar-refractivity contribution in [3.8, 4) is 0 Å². The molecule has 5 nitrogen and oxygen atoms in total. The standard InChI is InChI=1S/C9H13N3O2/c10-9(3-4-9)8-12-11-7(14-8)6-2-1-5-13-6/h6H,1-5,10H2. The summed E-state index contributed by atoms with van der Waals surface area (Å²) in [6.07, 6.45) is 3.92. The lowest BCUT2D eigenvalue weighted by Crippen LogP contribution is -2.18. The molecule has 0 radical (unpaired) electrons. The van der Waals surface area contributed by atoms with Gasteiger partial charge in [-0.25, -0.2) is 0 Å². The van der Waals surface area contributed by atoms with Crippen LogP contribution >= 0.6 is 0 Å². The van der Waals surface area contributed by atoms with Crippen LogP contribution in [0.3, 0.4) is 0 Å². The highest BCUT2D eigenvalue weighted by Crippen LogP contribution is 2.42. The molecule has 3 rings (SSSR count). The van der Waals surface area contributed by atoms with E-state index in [0.29, 0.717) is 11.8 Å². The van der Waals surface area contributed by atoms with Crippen molar-refractivity contribution in [3.63, 3.8) is 0 Å². The average molecular weight is 195 g/mol. The van der Waals surface area contributed by atoms with E-state index in [1.165, 1.54) is 0 Å². The Morgan fingerprint density at radius 2 is 2.21 bits per heavy atom. The van der Waals surface area contributed by atoms with Crippen molar-refractivity contribution >= 4 is 0 Å². The van der Waals surface area contributed by atoms with E-state index >= 15 is 0 Å². The molecule has 2 N–H and O–H groups in total. The molecule has 2 fully saturated rings. The molecule has 1 saturated heterocycles. The number of ether oxygens (including phenoxy) is 1. The second-order valence-corrected chi connectivity index (χ2v) is 4.10. The summed E-state index contributed by atoms with van der Waals surface area (Å²) in [5.74, 6) is 1.16. The van der Waals surface area contributed by atoms with Crippen LogP contribution < -0.4 is 5.73 Å². The molecule has 1 aromatic heterocycles. The van der Waals surface area contributed by atoms with Gasteiger partial charge in [0.1, 0.15) is 6.10 Å². The Balaban J connectivity index is 1.82. The summed E-state index contributed by atoms with van der Waals surface area (Å²) >= 11 is 0. The zero-order valence-electron chi connectivity index (χ0n) is 7.90. The second-order valence-electron chi connectivity index (χ2n) is 4.10. The maximum Gasteiger partial charge on any atom is 0.245 e. The van der Waals surface area contributed by atoms with Gasteiger partial charge in [-0.3, -0.25) is 0 Å². The van der Waals surface area contributed by atoms with Crippen LogP contribution in [0.15, 0.2) is 4.42 Å². The van der Waals surface area contributed by atoms with Crippen molar-refractivity contribution in [3.05, 3.63) is 11.8 Å². The van der Waals surface area contributed by atoms with Crippen molar-refractivity contribution in [2.24, 2.45) is 5.73 Å². The van der Waals surface area contributed by atoms with Crippen LogP contribution in [0.1, 0.15) is 43.6 Å². The minimum atomic E-state index is -0.330. The molecule has 1 aromatic rings. The Kier molecular flexibility index (Phi) is 1.66. The smallest absolute Gasteiger partial charge is 0.245 e. The summed E-state index contributed by atoms with van der Waals surface area (Å²) in [5.41, 5.74) is 5.61. The van der Waals surface area contributed by atoms with E-state index in [2.05, 4.69) is 10.2 Å². The molecular weight excluding hydrogens is 182 g/mol. The fraction of sp³-hybridized carbons (Fsp3) is 0.778. The minimum absolute atomic E-state index is 0.00130. The molecule has 1 unspecified atom stereocenters. The van der Waals surface area contributed by atoms with Gasteiger partial charge in [0, 0.05) is 6.61 Å². The Hall–Kier alpha value is -0.940. The molecule has 0 bridgehead atoms.